The largest absolute Gasteiger partial charge is 0.534 e. The summed E-state index contributed by atoms with van der Waals surface area (Å²) in [6.45, 7) is 5.77. The molecule has 0 aromatic rings. The molecule has 0 amide bonds. The van der Waals surface area contributed by atoms with Gasteiger partial charge < -0.3 is 4.18 Å². The van der Waals surface area contributed by atoms with E-state index in [0.29, 0.717) is 6.42 Å². The van der Waals surface area contributed by atoms with E-state index in [1.165, 1.54) is 6.08 Å². The van der Waals surface area contributed by atoms with Crippen LogP contribution >= 0.6 is 0 Å². The number of alkyl halides is 3. The predicted molar refractivity (Wildman–Crippen MR) is 56.3 cm³/mol. The second-order valence-corrected chi connectivity index (χ2v) is 6.43. The molecule has 0 radical (unpaired) electrons. The second-order valence-electron chi connectivity index (χ2n) is 4.89. The molecule has 7 heteroatoms. The lowest BCUT2D eigenvalue weighted by Crippen LogP contribution is -2.29. The Hall–Kier alpha value is -0.720. The van der Waals surface area contributed by atoms with E-state index < -0.39 is 15.6 Å². The highest BCUT2D eigenvalue weighted by Crippen LogP contribution is 2.40. The Morgan fingerprint density at radius 1 is 1.41 bits per heavy atom. The van der Waals surface area contributed by atoms with E-state index in [0.717, 1.165) is 0 Å². The lowest BCUT2D eigenvalue weighted by Gasteiger charge is -2.34. The highest BCUT2D eigenvalue weighted by atomic mass is 32.2. The number of allylic oxidation sites excluding steroid dienone is 2. The van der Waals surface area contributed by atoms with Crippen molar-refractivity contribution in [2.24, 2.45) is 11.3 Å². The van der Waals surface area contributed by atoms with Gasteiger partial charge in [-0.25, -0.2) is 0 Å². The van der Waals surface area contributed by atoms with Crippen molar-refractivity contribution in [1.82, 2.24) is 0 Å². The molecule has 1 atom stereocenters. The fourth-order valence-corrected chi connectivity index (χ4v) is 2.03. The van der Waals surface area contributed by atoms with Gasteiger partial charge in [0, 0.05) is 6.42 Å². The van der Waals surface area contributed by atoms with Gasteiger partial charge in [0.05, 0.1) is 0 Å². The Kier molecular flexibility index (Phi) is 3.53. The van der Waals surface area contributed by atoms with Crippen LogP contribution in [-0.4, -0.2) is 13.9 Å². The Labute approximate surface area is 98.8 Å². The van der Waals surface area contributed by atoms with Crippen molar-refractivity contribution >= 4 is 10.1 Å². The fraction of sp³-hybridized carbons (Fsp3) is 0.800. The molecule has 0 N–H and O–H groups in total. The van der Waals surface area contributed by atoms with Crippen molar-refractivity contribution in [3.05, 3.63) is 11.8 Å². The zero-order valence-corrected chi connectivity index (χ0v) is 10.7. The SMILES string of the molecule is C[C@@H]1C=C(OS(=O)(=O)C(F)(F)F)CCC1(C)C. The van der Waals surface area contributed by atoms with E-state index >= 15 is 0 Å². The molecule has 1 aliphatic rings. The number of halogens is 3. The average Bonchev–Trinajstić information content (AvgIpc) is 2.09. The van der Waals surface area contributed by atoms with Gasteiger partial charge in [-0.05, 0) is 23.8 Å². The van der Waals surface area contributed by atoms with Crippen molar-refractivity contribution in [2.75, 3.05) is 0 Å². The summed E-state index contributed by atoms with van der Waals surface area (Å²) in [5.74, 6) is -0.149. The van der Waals surface area contributed by atoms with Crippen molar-refractivity contribution < 1.29 is 25.8 Å². The normalized spacial score (nSPS) is 25.3. The number of rotatable bonds is 2. The van der Waals surface area contributed by atoms with Crippen LogP contribution in [0.2, 0.25) is 0 Å². The topological polar surface area (TPSA) is 43.4 Å². The molecule has 1 aliphatic carbocycles. The van der Waals surface area contributed by atoms with E-state index in [1.54, 1.807) is 0 Å². The van der Waals surface area contributed by atoms with Crippen LogP contribution in [0.5, 0.6) is 0 Å². The summed E-state index contributed by atoms with van der Waals surface area (Å²) < 4.78 is 62.0. The standard InChI is InChI=1S/C10H15F3O3S/c1-7-6-8(4-5-9(7,2)3)16-17(14,15)10(11,12)13/h6-7H,4-5H2,1-3H3/t7-/m1/s1. The first-order valence-corrected chi connectivity index (χ1v) is 6.58. The van der Waals surface area contributed by atoms with Crippen molar-refractivity contribution in [1.29, 1.82) is 0 Å². The number of hydrogen-bond acceptors (Lipinski definition) is 3. The van der Waals surface area contributed by atoms with Gasteiger partial charge in [-0.1, -0.05) is 20.8 Å². The monoisotopic (exact) mass is 272 g/mol. The van der Waals surface area contributed by atoms with Crippen LogP contribution in [0.3, 0.4) is 0 Å². The van der Waals surface area contributed by atoms with Crippen LogP contribution in [-0.2, 0) is 14.3 Å². The van der Waals surface area contributed by atoms with Gasteiger partial charge in [-0.15, -0.1) is 0 Å². The van der Waals surface area contributed by atoms with Crippen LogP contribution < -0.4 is 0 Å². The first-order valence-electron chi connectivity index (χ1n) is 5.17. The molecule has 0 saturated heterocycles. The lowest BCUT2D eigenvalue weighted by molar-refractivity contribution is -0.0526. The molecule has 0 spiro atoms. The summed E-state index contributed by atoms with van der Waals surface area (Å²) >= 11 is 0. The zero-order valence-electron chi connectivity index (χ0n) is 9.84. The minimum Gasteiger partial charge on any atom is -0.381 e. The molecule has 0 saturated carbocycles. The highest BCUT2D eigenvalue weighted by Gasteiger charge is 2.49. The summed E-state index contributed by atoms with van der Waals surface area (Å²) in [6, 6.07) is 0. The van der Waals surface area contributed by atoms with Crippen LogP contribution in [0, 0.1) is 11.3 Å². The molecule has 0 bridgehead atoms. The molecule has 0 aromatic carbocycles. The van der Waals surface area contributed by atoms with Gasteiger partial charge in [0.25, 0.3) is 0 Å². The first-order chi connectivity index (χ1) is 7.46. The van der Waals surface area contributed by atoms with Crippen molar-refractivity contribution in [3.8, 4) is 0 Å². The Balaban J connectivity index is 2.87. The highest BCUT2D eigenvalue weighted by molar-refractivity contribution is 7.87. The molecular weight excluding hydrogens is 257 g/mol. The maximum atomic E-state index is 12.1. The maximum absolute atomic E-state index is 12.1. The quantitative estimate of drug-likeness (QED) is 0.572. The van der Waals surface area contributed by atoms with Crippen LogP contribution in [0.4, 0.5) is 13.2 Å². The zero-order chi connectivity index (χ0) is 13.5. The van der Waals surface area contributed by atoms with Crippen LogP contribution in [0.25, 0.3) is 0 Å². The van der Waals surface area contributed by atoms with Gasteiger partial charge >= 0.3 is 15.6 Å². The molecule has 0 aromatic heterocycles. The smallest absolute Gasteiger partial charge is 0.381 e. The Morgan fingerprint density at radius 3 is 2.35 bits per heavy atom. The number of hydrogen-bond donors (Lipinski definition) is 0. The minimum atomic E-state index is -5.53. The third-order valence-corrected chi connectivity index (χ3v) is 4.18. The van der Waals surface area contributed by atoms with Gasteiger partial charge in [-0.2, -0.15) is 21.6 Å². The molecule has 0 unspecified atom stereocenters. The van der Waals surface area contributed by atoms with Crippen LogP contribution in [0.1, 0.15) is 33.6 Å². The summed E-state index contributed by atoms with van der Waals surface area (Å²) in [5, 5.41) is 0. The molecule has 17 heavy (non-hydrogen) atoms. The van der Waals surface area contributed by atoms with Gasteiger partial charge in [-0.3, -0.25) is 0 Å². The van der Waals surface area contributed by atoms with E-state index in [1.807, 2.05) is 20.8 Å². The molecule has 0 aliphatic heterocycles. The fourth-order valence-electron chi connectivity index (χ4n) is 1.52. The van der Waals surface area contributed by atoms with Gasteiger partial charge in [0.15, 0.2) is 0 Å². The van der Waals surface area contributed by atoms with E-state index in [2.05, 4.69) is 4.18 Å². The second kappa shape index (κ2) is 4.19. The van der Waals surface area contributed by atoms with Crippen molar-refractivity contribution in [2.45, 2.75) is 39.1 Å². The first kappa shape index (κ1) is 14.3. The van der Waals surface area contributed by atoms with E-state index in [-0.39, 0.29) is 23.5 Å². The van der Waals surface area contributed by atoms with Crippen LogP contribution in [0.15, 0.2) is 11.8 Å². The summed E-state index contributed by atoms with van der Waals surface area (Å²) in [6.07, 6.45) is 2.24. The van der Waals surface area contributed by atoms with Gasteiger partial charge in [0.1, 0.15) is 5.76 Å². The summed E-state index contributed by atoms with van der Waals surface area (Å²) in [7, 11) is -5.53. The summed E-state index contributed by atoms with van der Waals surface area (Å²) in [4.78, 5) is 0. The van der Waals surface area contributed by atoms with E-state index in [4.69, 9.17) is 0 Å². The minimum absolute atomic E-state index is 0.0327. The Bertz CT molecular complexity index is 421. The molecule has 1 rings (SSSR count). The Morgan fingerprint density at radius 2 is 1.94 bits per heavy atom. The summed E-state index contributed by atoms with van der Waals surface area (Å²) in [5.41, 5.74) is -5.43. The third-order valence-electron chi connectivity index (χ3n) is 3.18. The third kappa shape index (κ3) is 3.14. The predicted octanol–water partition coefficient (Wildman–Crippen LogP) is 3.19. The van der Waals surface area contributed by atoms with Gasteiger partial charge in [0.2, 0.25) is 0 Å². The molecule has 0 heterocycles. The average molecular weight is 272 g/mol. The molecule has 0 fully saturated rings. The maximum Gasteiger partial charge on any atom is 0.534 e. The molecular formula is C10H15F3O3S. The molecule has 3 nitrogen and oxygen atoms in total. The van der Waals surface area contributed by atoms with Crippen molar-refractivity contribution in [3.63, 3.8) is 0 Å². The lowest BCUT2D eigenvalue weighted by atomic mass is 9.73. The molecule has 100 valence electrons. The van der Waals surface area contributed by atoms with E-state index in [9.17, 15) is 21.6 Å².